The Hall–Kier alpha value is -2.34. The van der Waals surface area contributed by atoms with E-state index in [1.807, 2.05) is 6.92 Å². The molecule has 0 aliphatic carbocycles. The fourth-order valence-corrected chi connectivity index (χ4v) is 2.63. The topological polar surface area (TPSA) is 84.5 Å². The Morgan fingerprint density at radius 3 is 2.70 bits per heavy atom. The molecule has 2 amide bonds. The summed E-state index contributed by atoms with van der Waals surface area (Å²) >= 11 is 5.94. The van der Waals surface area contributed by atoms with Gasteiger partial charge in [-0.1, -0.05) is 17.7 Å². The minimum atomic E-state index is -0.908. The van der Waals surface area contributed by atoms with Gasteiger partial charge in [-0.05, 0) is 31.5 Å². The molecule has 6 nitrogen and oxygen atoms in total. The monoisotopic (exact) mass is 336 g/mol. The molecule has 0 spiro atoms. The van der Waals surface area contributed by atoms with E-state index >= 15 is 0 Å². The molecule has 1 atom stereocenters. The highest BCUT2D eigenvalue weighted by molar-refractivity contribution is 6.31. The minimum absolute atomic E-state index is 0.118. The standard InChI is InChI=1S/C16H17ClN2O4/c1-8-4-5-10(17)6-12(8)19-15(21)11-7-13(20)18-9(2)14(11)16(22)23-3/h4-6,11H,7H2,1-3H3,(H,18,20)(H,19,21)/t11-/m0/s1. The van der Waals surface area contributed by atoms with E-state index in [0.717, 1.165) is 5.56 Å². The molecule has 23 heavy (non-hydrogen) atoms. The third-order valence-corrected chi connectivity index (χ3v) is 3.88. The normalized spacial score (nSPS) is 17.6. The first-order valence-electron chi connectivity index (χ1n) is 6.99. The maximum absolute atomic E-state index is 12.6. The summed E-state index contributed by atoms with van der Waals surface area (Å²) in [5.74, 6) is -2.32. The molecule has 0 saturated carbocycles. The Morgan fingerprint density at radius 2 is 2.04 bits per heavy atom. The van der Waals surface area contributed by atoms with Crippen molar-refractivity contribution >= 4 is 35.1 Å². The van der Waals surface area contributed by atoms with Crippen molar-refractivity contribution in [2.75, 3.05) is 12.4 Å². The largest absolute Gasteiger partial charge is 0.466 e. The van der Waals surface area contributed by atoms with Crippen molar-refractivity contribution < 1.29 is 19.1 Å². The predicted octanol–water partition coefficient (Wildman–Crippen LogP) is 2.17. The number of nitrogens with one attached hydrogen (secondary N) is 2. The van der Waals surface area contributed by atoms with Crippen molar-refractivity contribution in [1.82, 2.24) is 5.32 Å². The van der Waals surface area contributed by atoms with Gasteiger partial charge in [0.15, 0.2) is 0 Å². The molecular weight excluding hydrogens is 320 g/mol. The van der Waals surface area contributed by atoms with Crippen LogP contribution in [0.3, 0.4) is 0 Å². The smallest absolute Gasteiger partial charge is 0.336 e. The number of halogens is 1. The number of amides is 2. The molecule has 0 bridgehead atoms. The van der Waals surface area contributed by atoms with Crippen molar-refractivity contribution in [1.29, 1.82) is 0 Å². The van der Waals surface area contributed by atoms with Gasteiger partial charge < -0.3 is 15.4 Å². The SMILES string of the molecule is COC(=O)C1=C(C)NC(=O)C[C@@H]1C(=O)Nc1cc(Cl)ccc1C. The molecule has 122 valence electrons. The molecule has 0 aromatic heterocycles. The van der Waals surface area contributed by atoms with Gasteiger partial charge in [0.05, 0.1) is 18.6 Å². The number of carbonyl (C=O) groups is 3. The van der Waals surface area contributed by atoms with Crippen molar-refractivity contribution in [3.05, 3.63) is 40.1 Å². The van der Waals surface area contributed by atoms with Crippen LogP contribution in [0, 0.1) is 12.8 Å². The number of ether oxygens (including phenoxy) is 1. The van der Waals surface area contributed by atoms with Crippen molar-refractivity contribution in [2.24, 2.45) is 5.92 Å². The van der Waals surface area contributed by atoms with Gasteiger partial charge in [-0.2, -0.15) is 0 Å². The predicted molar refractivity (Wildman–Crippen MR) is 85.8 cm³/mol. The van der Waals surface area contributed by atoms with E-state index < -0.39 is 17.8 Å². The summed E-state index contributed by atoms with van der Waals surface area (Å²) in [6.07, 6.45) is -0.118. The average molecular weight is 337 g/mol. The molecule has 1 aromatic carbocycles. The molecule has 0 unspecified atom stereocenters. The summed E-state index contributed by atoms with van der Waals surface area (Å²) in [7, 11) is 1.23. The molecule has 0 radical (unpaired) electrons. The average Bonchev–Trinajstić information content (AvgIpc) is 2.49. The zero-order valence-electron chi connectivity index (χ0n) is 13.0. The third-order valence-electron chi connectivity index (χ3n) is 3.65. The summed E-state index contributed by atoms with van der Waals surface area (Å²) in [5.41, 5.74) is 1.85. The van der Waals surface area contributed by atoms with E-state index in [1.165, 1.54) is 7.11 Å². The van der Waals surface area contributed by atoms with E-state index in [2.05, 4.69) is 10.6 Å². The Kier molecular flexibility index (Phi) is 5.05. The van der Waals surface area contributed by atoms with Gasteiger partial charge in [0, 0.05) is 22.8 Å². The Balaban J connectivity index is 2.32. The maximum atomic E-state index is 12.6. The number of anilines is 1. The van der Waals surface area contributed by atoms with Crippen LogP contribution in [0.25, 0.3) is 0 Å². The van der Waals surface area contributed by atoms with Crippen LogP contribution >= 0.6 is 11.6 Å². The summed E-state index contributed by atoms with van der Waals surface area (Å²) in [6.45, 7) is 3.38. The first-order chi connectivity index (χ1) is 10.8. The van der Waals surface area contributed by atoms with Crippen LogP contribution in [0.1, 0.15) is 18.9 Å². The van der Waals surface area contributed by atoms with Gasteiger partial charge in [-0.3, -0.25) is 9.59 Å². The molecule has 0 fully saturated rings. The first-order valence-corrected chi connectivity index (χ1v) is 7.37. The second-order valence-corrected chi connectivity index (χ2v) is 5.72. The van der Waals surface area contributed by atoms with E-state index in [4.69, 9.17) is 16.3 Å². The van der Waals surface area contributed by atoms with E-state index in [1.54, 1.807) is 25.1 Å². The van der Waals surface area contributed by atoms with Crippen molar-refractivity contribution in [3.8, 4) is 0 Å². The molecule has 0 saturated heterocycles. The number of rotatable bonds is 3. The zero-order valence-corrected chi connectivity index (χ0v) is 13.8. The van der Waals surface area contributed by atoms with Crippen LogP contribution in [0.15, 0.2) is 29.5 Å². The summed E-state index contributed by atoms with van der Waals surface area (Å²) < 4.78 is 4.72. The zero-order chi connectivity index (χ0) is 17.1. The van der Waals surface area contributed by atoms with E-state index in [9.17, 15) is 14.4 Å². The second-order valence-electron chi connectivity index (χ2n) is 5.28. The molecule has 1 aliphatic rings. The molecular formula is C16H17ClN2O4. The molecule has 2 rings (SSSR count). The van der Waals surface area contributed by atoms with Crippen LogP contribution in [0.2, 0.25) is 5.02 Å². The van der Waals surface area contributed by atoms with Crippen molar-refractivity contribution in [2.45, 2.75) is 20.3 Å². The van der Waals surface area contributed by atoms with Crippen LogP contribution in [0.4, 0.5) is 5.69 Å². The lowest BCUT2D eigenvalue weighted by Gasteiger charge is -2.25. The Labute approximate surface area is 138 Å². The number of allylic oxidation sites excluding steroid dienone is 1. The van der Waals surface area contributed by atoms with Gasteiger partial charge in [-0.15, -0.1) is 0 Å². The van der Waals surface area contributed by atoms with Gasteiger partial charge in [0.2, 0.25) is 11.8 Å². The minimum Gasteiger partial charge on any atom is -0.466 e. The first kappa shape index (κ1) is 17.0. The Morgan fingerprint density at radius 1 is 1.35 bits per heavy atom. The number of benzene rings is 1. The molecule has 1 aliphatic heterocycles. The van der Waals surface area contributed by atoms with Gasteiger partial charge in [0.1, 0.15) is 0 Å². The van der Waals surface area contributed by atoms with Gasteiger partial charge in [0.25, 0.3) is 0 Å². The summed E-state index contributed by atoms with van der Waals surface area (Å²) in [4.78, 5) is 36.2. The number of carbonyl (C=O) groups excluding carboxylic acids is 3. The maximum Gasteiger partial charge on any atom is 0.336 e. The van der Waals surface area contributed by atoms with Crippen LogP contribution < -0.4 is 10.6 Å². The van der Waals surface area contributed by atoms with E-state index in [-0.39, 0.29) is 17.9 Å². The van der Waals surface area contributed by atoms with Gasteiger partial charge >= 0.3 is 5.97 Å². The molecule has 7 heteroatoms. The number of hydrogen-bond acceptors (Lipinski definition) is 4. The molecule has 1 aromatic rings. The quantitative estimate of drug-likeness (QED) is 0.828. The highest BCUT2D eigenvalue weighted by Crippen LogP contribution is 2.27. The number of esters is 1. The number of methoxy groups -OCH3 is 1. The highest BCUT2D eigenvalue weighted by Gasteiger charge is 2.36. The fraction of sp³-hybridized carbons (Fsp3) is 0.312. The Bertz CT molecular complexity index is 712. The summed E-state index contributed by atoms with van der Waals surface area (Å²) in [5, 5.41) is 5.76. The van der Waals surface area contributed by atoms with Crippen LogP contribution in [0.5, 0.6) is 0 Å². The van der Waals surface area contributed by atoms with Crippen LogP contribution in [-0.4, -0.2) is 24.9 Å². The third kappa shape index (κ3) is 3.71. The lowest BCUT2D eigenvalue weighted by Crippen LogP contribution is -2.40. The molecule has 1 heterocycles. The van der Waals surface area contributed by atoms with Crippen molar-refractivity contribution in [3.63, 3.8) is 0 Å². The number of hydrogen-bond donors (Lipinski definition) is 2. The second kappa shape index (κ2) is 6.83. The lowest BCUT2D eigenvalue weighted by atomic mass is 9.89. The summed E-state index contributed by atoms with van der Waals surface area (Å²) in [6, 6.07) is 5.10. The van der Waals surface area contributed by atoms with E-state index in [0.29, 0.717) is 16.4 Å². The van der Waals surface area contributed by atoms with Gasteiger partial charge in [-0.25, -0.2) is 4.79 Å². The lowest BCUT2D eigenvalue weighted by molar-refractivity contribution is -0.139. The fourth-order valence-electron chi connectivity index (χ4n) is 2.45. The number of aryl methyl sites for hydroxylation is 1. The highest BCUT2D eigenvalue weighted by atomic mass is 35.5. The molecule has 2 N–H and O–H groups in total. The van der Waals surface area contributed by atoms with Crippen LogP contribution in [-0.2, 0) is 19.1 Å².